The molecule has 1 aromatic heterocycles. The van der Waals surface area contributed by atoms with E-state index in [1.807, 2.05) is 140 Å². The Morgan fingerprint density at radius 2 is 1.33 bits per heavy atom. The van der Waals surface area contributed by atoms with Gasteiger partial charge < -0.3 is 20.1 Å². The van der Waals surface area contributed by atoms with Crippen LogP contribution in [-0.2, 0) is 6.54 Å². The molecule has 226 valence electrons. The number of anilines is 1. The molecule has 46 heavy (non-hydrogen) atoms. The van der Waals surface area contributed by atoms with Crippen LogP contribution in [0.5, 0.6) is 11.5 Å². The van der Waals surface area contributed by atoms with Gasteiger partial charge in [-0.1, -0.05) is 96.5 Å². The van der Waals surface area contributed by atoms with E-state index in [0.717, 1.165) is 27.6 Å². The van der Waals surface area contributed by atoms with E-state index in [2.05, 4.69) is 15.6 Å². The van der Waals surface area contributed by atoms with Crippen molar-refractivity contribution in [2.45, 2.75) is 18.8 Å². The van der Waals surface area contributed by atoms with Crippen LogP contribution >= 0.6 is 11.6 Å². The van der Waals surface area contributed by atoms with Gasteiger partial charge >= 0.3 is 0 Å². The summed E-state index contributed by atoms with van der Waals surface area (Å²) in [7, 11) is 0. The maximum Gasteiger partial charge on any atom is 0.256 e. The van der Waals surface area contributed by atoms with Crippen LogP contribution in [0.2, 0.25) is 0 Å². The molecule has 2 N–H and O–H groups in total. The van der Waals surface area contributed by atoms with Crippen LogP contribution in [0.25, 0.3) is 10.9 Å². The predicted molar refractivity (Wildman–Crippen MR) is 182 cm³/mol. The summed E-state index contributed by atoms with van der Waals surface area (Å²) < 4.78 is 13.1. The number of aromatic nitrogens is 1. The zero-order chi connectivity index (χ0) is 31.3. The lowest BCUT2D eigenvalue weighted by Gasteiger charge is -2.34. The zero-order valence-corrected chi connectivity index (χ0v) is 25.5. The molecular weight excluding hydrogens is 594 g/mol. The summed E-state index contributed by atoms with van der Waals surface area (Å²) >= 11 is 7.24. The highest BCUT2D eigenvalue weighted by Gasteiger charge is 2.36. The normalized spacial score (nSPS) is 15.6. The first-order valence-electron chi connectivity index (χ1n) is 15.0. The molecule has 2 atom stereocenters. The summed E-state index contributed by atoms with van der Waals surface area (Å²) in [6.45, 7) is 0.325. The second kappa shape index (κ2) is 13.2. The smallest absolute Gasteiger partial charge is 0.256 e. The van der Waals surface area contributed by atoms with Gasteiger partial charge in [-0.25, -0.2) is 0 Å². The molecule has 6 nitrogen and oxygen atoms in total. The van der Waals surface area contributed by atoms with Gasteiger partial charge in [0, 0.05) is 40.5 Å². The van der Waals surface area contributed by atoms with Crippen LogP contribution in [0.3, 0.4) is 0 Å². The molecule has 7 rings (SSSR count). The summed E-state index contributed by atoms with van der Waals surface area (Å²) in [6, 6.07) is 44.4. The summed E-state index contributed by atoms with van der Waals surface area (Å²) in [5.74, 6) is 1.20. The van der Waals surface area contributed by atoms with Crippen LogP contribution in [0, 0.1) is 0 Å². The van der Waals surface area contributed by atoms with E-state index >= 15 is 0 Å². The van der Waals surface area contributed by atoms with Gasteiger partial charge in [-0.15, -0.1) is 0 Å². The number of nitrogens with zero attached hydrogens (tertiary/aromatic N) is 1. The minimum atomic E-state index is -0.556. The summed E-state index contributed by atoms with van der Waals surface area (Å²) in [6.07, 6.45) is 0.662. The number of hydrogen-bond donors (Lipinski definition) is 2. The third-order valence-electron chi connectivity index (χ3n) is 7.90. The van der Waals surface area contributed by atoms with Gasteiger partial charge in [-0.3, -0.25) is 9.78 Å². The lowest BCUT2D eigenvalue weighted by Crippen LogP contribution is -2.31. The number of fused-ring (bicyclic) bond motifs is 2. The fraction of sp³-hybridized carbons (Fsp3) is 0.0769. The SMILES string of the molecule is O=C(Nc1ccc2ncccc2c1)c1ccccc1CNC1=C(Cl)C(Oc2ccccc2)c2ccccc2C1Oc1ccccc1. The first-order valence-corrected chi connectivity index (χ1v) is 15.4. The molecule has 0 saturated carbocycles. The highest BCUT2D eigenvalue weighted by atomic mass is 35.5. The summed E-state index contributed by atoms with van der Waals surface area (Å²) in [4.78, 5) is 17.9. The standard InChI is InChI=1S/C39H30ClN3O3/c40-35-36(42-25-27-12-7-8-18-31(27)39(44)43-28-21-22-34-26(24-28)13-11-23-41-34)38(46-30-16-5-2-6-17-30)33-20-10-9-19-32(33)37(35)45-29-14-3-1-4-15-29/h1-24,37-38,42H,25H2,(H,43,44). The molecule has 1 aliphatic rings. The average Bonchev–Trinajstić information content (AvgIpc) is 3.10. The first kappa shape index (κ1) is 29.1. The molecule has 1 amide bonds. The van der Waals surface area contributed by atoms with E-state index in [-0.39, 0.29) is 5.91 Å². The van der Waals surface area contributed by atoms with E-state index in [1.54, 1.807) is 6.20 Å². The molecular formula is C39H30ClN3O3. The number of halogens is 1. The van der Waals surface area contributed by atoms with Gasteiger partial charge in [-0.05, 0) is 60.2 Å². The number of pyridine rings is 1. The second-order valence-corrected chi connectivity index (χ2v) is 11.3. The Morgan fingerprint density at radius 1 is 0.696 bits per heavy atom. The van der Waals surface area contributed by atoms with E-state index in [1.165, 1.54) is 0 Å². The van der Waals surface area contributed by atoms with Gasteiger partial charge in [0.15, 0.2) is 12.2 Å². The van der Waals surface area contributed by atoms with Crippen molar-refractivity contribution in [2.75, 3.05) is 5.32 Å². The second-order valence-electron chi connectivity index (χ2n) is 10.9. The summed E-state index contributed by atoms with van der Waals surface area (Å²) in [5.41, 5.74) is 5.45. The third kappa shape index (κ3) is 6.16. The number of amides is 1. The third-order valence-corrected chi connectivity index (χ3v) is 8.30. The minimum absolute atomic E-state index is 0.211. The average molecular weight is 624 g/mol. The van der Waals surface area contributed by atoms with E-state index in [0.29, 0.717) is 40.0 Å². The lowest BCUT2D eigenvalue weighted by atomic mass is 9.89. The number of carbonyl (C=O) groups excluding carboxylic acids is 1. The van der Waals surface area contributed by atoms with Crippen LogP contribution in [-0.4, -0.2) is 10.9 Å². The van der Waals surface area contributed by atoms with Gasteiger partial charge in [0.2, 0.25) is 0 Å². The molecule has 0 aliphatic heterocycles. The molecule has 2 unspecified atom stereocenters. The largest absolute Gasteiger partial charge is 0.480 e. The number of carbonyl (C=O) groups is 1. The Hall–Kier alpha value is -5.59. The van der Waals surface area contributed by atoms with Crippen LogP contribution in [0.1, 0.15) is 39.3 Å². The molecule has 5 aromatic carbocycles. The Morgan fingerprint density at radius 3 is 2.07 bits per heavy atom. The molecule has 1 aliphatic carbocycles. The monoisotopic (exact) mass is 623 g/mol. The lowest BCUT2D eigenvalue weighted by molar-refractivity contribution is 0.102. The maximum atomic E-state index is 13.6. The number of para-hydroxylation sites is 2. The zero-order valence-electron chi connectivity index (χ0n) is 24.8. The van der Waals surface area contributed by atoms with Gasteiger partial charge in [0.25, 0.3) is 5.91 Å². The summed E-state index contributed by atoms with van der Waals surface area (Å²) in [5, 5.41) is 8.03. The van der Waals surface area contributed by atoms with Crippen molar-refractivity contribution in [3.63, 3.8) is 0 Å². The maximum absolute atomic E-state index is 13.6. The fourth-order valence-electron chi connectivity index (χ4n) is 5.67. The molecule has 1 heterocycles. The van der Waals surface area contributed by atoms with E-state index in [4.69, 9.17) is 21.1 Å². The van der Waals surface area contributed by atoms with Gasteiger partial charge in [0.1, 0.15) is 11.5 Å². The first-order chi connectivity index (χ1) is 22.6. The number of benzene rings is 5. The Kier molecular flexibility index (Phi) is 8.35. The molecule has 0 bridgehead atoms. The Labute approximate surface area is 272 Å². The highest BCUT2D eigenvalue weighted by molar-refractivity contribution is 6.30. The number of hydrogen-bond acceptors (Lipinski definition) is 5. The van der Waals surface area contributed by atoms with Gasteiger partial charge in [-0.2, -0.15) is 0 Å². The van der Waals surface area contributed by atoms with Crippen LogP contribution in [0.4, 0.5) is 5.69 Å². The molecule has 0 fully saturated rings. The number of nitrogens with one attached hydrogen (secondary N) is 2. The van der Waals surface area contributed by atoms with Crippen molar-refractivity contribution >= 4 is 34.1 Å². The molecule has 0 saturated heterocycles. The van der Waals surface area contributed by atoms with E-state index < -0.39 is 12.2 Å². The quantitative estimate of drug-likeness (QED) is 0.168. The Balaban J connectivity index is 1.20. The fourth-order valence-corrected chi connectivity index (χ4v) is 6.00. The van der Waals surface area contributed by atoms with Gasteiger partial charge in [0.05, 0.1) is 16.2 Å². The van der Waals surface area contributed by atoms with Crippen molar-refractivity contribution < 1.29 is 14.3 Å². The molecule has 6 aromatic rings. The minimum Gasteiger partial charge on any atom is -0.480 e. The van der Waals surface area contributed by atoms with Crippen LogP contribution in [0.15, 0.2) is 156 Å². The molecule has 7 heteroatoms. The molecule has 0 spiro atoms. The highest BCUT2D eigenvalue weighted by Crippen LogP contribution is 2.45. The Bertz CT molecular complexity index is 2030. The van der Waals surface area contributed by atoms with E-state index in [9.17, 15) is 4.79 Å². The topological polar surface area (TPSA) is 72.5 Å². The van der Waals surface area contributed by atoms with Crippen molar-refractivity contribution in [1.82, 2.24) is 10.3 Å². The number of rotatable bonds is 9. The number of ether oxygens (including phenoxy) is 2. The van der Waals surface area contributed by atoms with Crippen molar-refractivity contribution in [3.05, 3.63) is 179 Å². The van der Waals surface area contributed by atoms with Crippen molar-refractivity contribution in [2.24, 2.45) is 0 Å². The van der Waals surface area contributed by atoms with Crippen molar-refractivity contribution in [3.8, 4) is 11.5 Å². The predicted octanol–water partition coefficient (Wildman–Crippen LogP) is 8.98. The molecule has 0 radical (unpaired) electrons. The van der Waals surface area contributed by atoms with Crippen LogP contribution < -0.4 is 20.1 Å². The van der Waals surface area contributed by atoms with Crippen molar-refractivity contribution in [1.29, 1.82) is 0 Å².